The molecule has 0 atom stereocenters. The van der Waals surface area contributed by atoms with E-state index in [1.807, 2.05) is 12.1 Å². The van der Waals surface area contributed by atoms with Gasteiger partial charge in [0.1, 0.15) is 0 Å². The molecule has 1 aromatic rings. The Hall–Kier alpha value is -1.35. The van der Waals surface area contributed by atoms with Crippen LogP contribution >= 0.6 is 0 Å². The van der Waals surface area contributed by atoms with Gasteiger partial charge in [-0.1, -0.05) is 30.4 Å². The van der Waals surface area contributed by atoms with Gasteiger partial charge in [0.2, 0.25) is 0 Å². The zero-order chi connectivity index (χ0) is 12.1. The molecular weight excluding hydrogens is 232 g/mol. The Morgan fingerprint density at radius 1 is 1.12 bits per heavy atom. The van der Waals surface area contributed by atoms with E-state index in [2.05, 4.69) is 18.2 Å². The van der Waals surface area contributed by atoms with Crippen molar-refractivity contribution in [2.24, 2.45) is 5.41 Å². The summed E-state index contributed by atoms with van der Waals surface area (Å²) in [6.07, 6.45) is 10.2. The molecular formula is C14H14O2S. The van der Waals surface area contributed by atoms with Crippen LogP contribution in [0.25, 0.3) is 5.57 Å². The van der Waals surface area contributed by atoms with Gasteiger partial charge in [-0.3, -0.25) is 0 Å². The van der Waals surface area contributed by atoms with Gasteiger partial charge in [0, 0.05) is 11.7 Å². The number of hydrogen-bond donors (Lipinski definition) is 0. The predicted octanol–water partition coefficient (Wildman–Crippen LogP) is 2.82. The molecule has 1 aromatic carbocycles. The van der Waals surface area contributed by atoms with Gasteiger partial charge in [-0.2, -0.15) is 0 Å². The van der Waals surface area contributed by atoms with Crippen molar-refractivity contribution in [2.45, 2.75) is 17.7 Å². The molecule has 3 rings (SSSR count). The normalized spacial score (nSPS) is 20.6. The molecule has 0 aliphatic heterocycles. The molecule has 1 spiro atoms. The first-order valence-electron chi connectivity index (χ1n) is 5.72. The molecule has 0 saturated heterocycles. The number of rotatable bonds is 2. The molecule has 88 valence electrons. The second kappa shape index (κ2) is 3.33. The first-order valence-corrected chi connectivity index (χ1v) is 7.61. The molecule has 0 unspecified atom stereocenters. The van der Waals surface area contributed by atoms with Crippen molar-refractivity contribution in [1.82, 2.24) is 0 Å². The average Bonchev–Trinajstić information content (AvgIpc) is 2.90. The van der Waals surface area contributed by atoms with Crippen LogP contribution in [0.2, 0.25) is 0 Å². The third-order valence-corrected chi connectivity index (χ3v) is 4.73. The van der Waals surface area contributed by atoms with E-state index >= 15 is 0 Å². The van der Waals surface area contributed by atoms with Crippen molar-refractivity contribution in [3.05, 3.63) is 48.1 Å². The van der Waals surface area contributed by atoms with Crippen LogP contribution in [0.3, 0.4) is 0 Å². The maximum Gasteiger partial charge on any atom is 0.175 e. The summed E-state index contributed by atoms with van der Waals surface area (Å²) in [6, 6.07) is 7.21. The van der Waals surface area contributed by atoms with Crippen molar-refractivity contribution in [1.29, 1.82) is 0 Å². The summed E-state index contributed by atoms with van der Waals surface area (Å²) < 4.78 is 22.8. The molecule has 0 amide bonds. The van der Waals surface area contributed by atoms with E-state index in [-0.39, 0.29) is 5.41 Å². The zero-order valence-electron chi connectivity index (χ0n) is 9.68. The van der Waals surface area contributed by atoms with Gasteiger partial charge in [0.05, 0.1) is 4.90 Å². The number of hydrogen-bond acceptors (Lipinski definition) is 2. The molecule has 17 heavy (non-hydrogen) atoms. The van der Waals surface area contributed by atoms with Gasteiger partial charge in [-0.25, -0.2) is 8.42 Å². The van der Waals surface area contributed by atoms with E-state index in [4.69, 9.17) is 0 Å². The van der Waals surface area contributed by atoms with Crippen LogP contribution in [-0.4, -0.2) is 14.7 Å². The minimum Gasteiger partial charge on any atom is -0.224 e. The molecule has 0 radical (unpaired) electrons. The van der Waals surface area contributed by atoms with Crippen LogP contribution in [0, 0.1) is 5.41 Å². The highest BCUT2D eigenvalue weighted by molar-refractivity contribution is 7.90. The van der Waals surface area contributed by atoms with Crippen molar-refractivity contribution in [3.63, 3.8) is 0 Å². The quantitative estimate of drug-likeness (QED) is 0.804. The van der Waals surface area contributed by atoms with Gasteiger partial charge >= 0.3 is 0 Å². The van der Waals surface area contributed by atoms with Crippen molar-refractivity contribution >= 4 is 15.4 Å². The summed E-state index contributed by atoms with van der Waals surface area (Å²) in [5.41, 5.74) is 2.74. The average molecular weight is 246 g/mol. The lowest BCUT2D eigenvalue weighted by atomic mass is 9.93. The topological polar surface area (TPSA) is 34.1 Å². The minimum absolute atomic E-state index is 0.270. The van der Waals surface area contributed by atoms with E-state index in [1.165, 1.54) is 24.7 Å². The van der Waals surface area contributed by atoms with E-state index in [9.17, 15) is 8.42 Å². The summed E-state index contributed by atoms with van der Waals surface area (Å²) in [5.74, 6) is 0. The number of sulfone groups is 1. The summed E-state index contributed by atoms with van der Waals surface area (Å²) in [5, 5.41) is 0. The fourth-order valence-electron chi connectivity index (χ4n) is 2.42. The lowest BCUT2D eigenvalue weighted by Gasteiger charge is -2.12. The Kier molecular flexibility index (Phi) is 2.11. The molecule has 2 nitrogen and oxygen atoms in total. The molecule has 2 aliphatic rings. The highest BCUT2D eigenvalue weighted by Crippen LogP contribution is 2.59. The lowest BCUT2D eigenvalue weighted by Crippen LogP contribution is -1.99. The third kappa shape index (κ3) is 1.75. The Balaban J connectivity index is 1.97. The van der Waals surface area contributed by atoms with Gasteiger partial charge in [0.15, 0.2) is 9.84 Å². The summed E-state index contributed by atoms with van der Waals surface area (Å²) >= 11 is 0. The molecule has 0 heterocycles. The smallest absolute Gasteiger partial charge is 0.175 e. The van der Waals surface area contributed by atoms with Crippen LogP contribution in [0.4, 0.5) is 0 Å². The SMILES string of the molecule is CS(=O)(=O)c1ccc(C2=CC=CC23CC3)cc1. The van der Waals surface area contributed by atoms with Crippen LogP contribution in [0.15, 0.2) is 47.4 Å². The van der Waals surface area contributed by atoms with Gasteiger partial charge < -0.3 is 0 Å². The Morgan fingerprint density at radius 2 is 1.76 bits per heavy atom. The monoisotopic (exact) mass is 246 g/mol. The van der Waals surface area contributed by atoms with Crippen LogP contribution < -0.4 is 0 Å². The maximum atomic E-state index is 11.4. The molecule has 3 heteroatoms. The number of benzene rings is 1. The van der Waals surface area contributed by atoms with Crippen molar-refractivity contribution in [2.75, 3.05) is 6.26 Å². The maximum absolute atomic E-state index is 11.4. The van der Waals surface area contributed by atoms with Crippen LogP contribution in [-0.2, 0) is 9.84 Å². The molecule has 0 aromatic heterocycles. The third-order valence-electron chi connectivity index (χ3n) is 3.60. The summed E-state index contributed by atoms with van der Waals surface area (Å²) in [7, 11) is -3.09. The zero-order valence-corrected chi connectivity index (χ0v) is 10.5. The largest absolute Gasteiger partial charge is 0.224 e. The van der Waals surface area contributed by atoms with Gasteiger partial charge in [0.25, 0.3) is 0 Å². The Labute approximate surface area is 102 Å². The van der Waals surface area contributed by atoms with Gasteiger partial charge in [-0.05, 0) is 36.1 Å². The van der Waals surface area contributed by atoms with Crippen molar-refractivity contribution in [3.8, 4) is 0 Å². The standard InChI is InChI=1S/C14H14O2S/c1-17(15,16)12-6-4-11(5-7-12)13-3-2-8-14(13)9-10-14/h2-8H,9-10H2,1H3. The summed E-state index contributed by atoms with van der Waals surface area (Å²) in [6.45, 7) is 0. The van der Waals surface area contributed by atoms with E-state index < -0.39 is 9.84 Å². The molecule has 0 N–H and O–H groups in total. The fraction of sp³-hybridized carbons (Fsp3) is 0.286. The minimum atomic E-state index is -3.09. The Bertz CT molecular complexity index is 615. The summed E-state index contributed by atoms with van der Waals surface area (Å²) in [4.78, 5) is 0.387. The Morgan fingerprint density at radius 3 is 2.29 bits per heavy atom. The van der Waals surface area contributed by atoms with Crippen LogP contribution in [0.1, 0.15) is 18.4 Å². The van der Waals surface area contributed by atoms with E-state index in [0.717, 1.165) is 5.56 Å². The second-order valence-electron chi connectivity index (χ2n) is 4.89. The molecule has 2 aliphatic carbocycles. The van der Waals surface area contributed by atoms with E-state index in [1.54, 1.807) is 12.1 Å². The fourth-order valence-corrected chi connectivity index (χ4v) is 3.05. The molecule has 1 fully saturated rings. The predicted molar refractivity (Wildman–Crippen MR) is 68.3 cm³/mol. The lowest BCUT2D eigenvalue weighted by molar-refractivity contribution is 0.602. The van der Waals surface area contributed by atoms with Crippen molar-refractivity contribution < 1.29 is 8.42 Å². The second-order valence-corrected chi connectivity index (χ2v) is 6.91. The first kappa shape index (κ1) is 10.8. The molecule has 1 saturated carbocycles. The molecule has 0 bridgehead atoms. The van der Waals surface area contributed by atoms with Gasteiger partial charge in [-0.15, -0.1) is 0 Å². The first-order chi connectivity index (χ1) is 8.01. The highest BCUT2D eigenvalue weighted by Gasteiger charge is 2.45. The highest BCUT2D eigenvalue weighted by atomic mass is 32.2. The van der Waals surface area contributed by atoms with E-state index in [0.29, 0.717) is 4.90 Å². The number of allylic oxidation sites excluding steroid dienone is 4. The van der Waals surface area contributed by atoms with Crippen LogP contribution in [0.5, 0.6) is 0 Å².